The molecule has 0 aliphatic rings. The number of carbonyl (C=O) groups excluding carboxylic acids is 1. The fourth-order valence-corrected chi connectivity index (χ4v) is 1.30. The van der Waals surface area contributed by atoms with Crippen molar-refractivity contribution in [3.63, 3.8) is 0 Å². The highest BCUT2D eigenvalue weighted by Gasteiger charge is 1.95. The van der Waals surface area contributed by atoms with Crippen LogP contribution in [0.2, 0.25) is 0 Å². The Balaban J connectivity index is 2.29. The second kappa shape index (κ2) is 3.95. The van der Waals surface area contributed by atoms with Crippen LogP contribution in [0.4, 0.5) is 4.79 Å². The number of hydrogen-bond acceptors (Lipinski definition) is 3. The maximum Gasteiger partial charge on any atom is 0.329 e. The first-order chi connectivity index (χ1) is 5.33. The Hall–Kier alpha value is -1.07. The first-order valence-electron chi connectivity index (χ1n) is 3.08. The minimum atomic E-state index is -0.365. The minimum absolute atomic E-state index is 0.365. The molecule has 0 unspecified atom stereocenters. The van der Waals surface area contributed by atoms with Crippen LogP contribution >= 0.6 is 11.3 Å². The molecule has 0 aromatic carbocycles. The summed E-state index contributed by atoms with van der Waals surface area (Å²) < 4.78 is 0. The van der Waals surface area contributed by atoms with Crippen molar-refractivity contribution in [2.24, 2.45) is 5.84 Å². The predicted molar refractivity (Wildman–Crippen MR) is 43.9 cm³/mol. The average molecular weight is 171 g/mol. The topological polar surface area (TPSA) is 67.1 Å². The number of nitrogens with one attached hydrogen (secondary N) is 2. The summed E-state index contributed by atoms with van der Waals surface area (Å²) >= 11 is 1.60. The van der Waals surface area contributed by atoms with Gasteiger partial charge in [0.05, 0.1) is 0 Å². The van der Waals surface area contributed by atoms with Gasteiger partial charge < -0.3 is 5.32 Å². The summed E-state index contributed by atoms with van der Waals surface area (Å²) in [5.41, 5.74) is 3.06. The Morgan fingerprint density at radius 2 is 2.55 bits per heavy atom. The van der Waals surface area contributed by atoms with Crippen LogP contribution in [0, 0.1) is 0 Å². The van der Waals surface area contributed by atoms with Crippen LogP contribution in [-0.4, -0.2) is 6.03 Å². The van der Waals surface area contributed by atoms with E-state index in [0.717, 1.165) is 5.56 Å². The number of amides is 2. The summed E-state index contributed by atoms with van der Waals surface area (Å²) in [6.45, 7) is 0.520. The smallest absolute Gasteiger partial charge is 0.329 e. The van der Waals surface area contributed by atoms with Crippen LogP contribution in [0.25, 0.3) is 0 Å². The molecule has 1 rings (SSSR count). The van der Waals surface area contributed by atoms with Crippen LogP contribution in [0.5, 0.6) is 0 Å². The van der Waals surface area contributed by atoms with Gasteiger partial charge in [0.2, 0.25) is 0 Å². The van der Waals surface area contributed by atoms with E-state index in [9.17, 15) is 4.79 Å². The van der Waals surface area contributed by atoms with Gasteiger partial charge in [-0.25, -0.2) is 10.6 Å². The lowest BCUT2D eigenvalue weighted by Crippen LogP contribution is -2.39. The van der Waals surface area contributed by atoms with E-state index in [4.69, 9.17) is 5.84 Å². The summed E-state index contributed by atoms with van der Waals surface area (Å²) in [5, 5.41) is 6.49. The lowest BCUT2D eigenvalue weighted by molar-refractivity contribution is 0.241. The van der Waals surface area contributed by atoms with E-state index in [1.165, 1.54) is 0 Å². The highest BCUT2D eigenvalue weighted by molar-refractivity contribution is 7.07. The molecule has 1 aromatic heterocycles. The van der Waals surface area contributed by atoms with Crippen molar-refractivity contribution in [3.8, 4) is 0 Å². The highest BCUT2D eigenvalue weighted by atomic mass is 32.1. The number of hydrogen-bond donors (Lipinski definition) is 3. The van der Waals surface area contributed by atoms with Gasteiger partial charge in [-0.1, -0.05) is 0 Å². The molecule has 4 nitrogen and oxygen atoms in total. The fraction of sp³-hybridized carbons (Fsp3) is 0.167. The largest absolute Gasteiger partial charge is 0.333 e. The molecule has 0 aliphatic heterocycles. The van der Waals surface area contributed by atoms with Gasteiger partial charge in [-0.3, -0.25) is 5.43 Å². The quantitative estimate of drug-likeness (QED) is 0.343. The number of nitrogens with two attached hydrogens (primary N) is 1. The van der Waals surface area contributed by atoms with E-state index in [1.54, 1.807) is 11.3 Å². The molecule has 0 saturated carbocycles. The Morgan fingerprint density at radius 3 is 3.09 bits per heavy atom. The summed E-state index contributed by atoms with van der Waals surface area (Å²) in [4.78, 5) is 10.6. The Bertz CT molecular complexity index is 222. The molecule has 4 N–H and O–H groups in total. The monoisotopic (exact) mass is 171 g/mol. The summed E-state index contributed by atoms with van der Waals surface area (Å²) in [6.07, 6.45) is 0. The molecule has 0 atom stereocenters. The molecule has 1 heterocycles. The SMILES string of the molecule is NNC(=O)NCc1ccsc1. The molecule has 0 aliphatic carbocycles. The maximum absolute atomic E-state index is 10.6. The van der Waals surface area contributed by atoms with Gasteiger partial charge in [0.15, 0.2) is 0 Å². The van der Waals surface area contributed by atoms with Gasteiger partial charge >= 0.3 is 6.03 Å². The van der Waals surface area contributed by atoms with Crippen molar-refractivity contribution in [3.05, 3.63) is 22.4 Å². The lowest BCUT2D eigenvalue weighted by atomic mass is 10.3. The van der Waals surface area contributed by atoms with Crippen molar-refractivity contribution in [2.45, 2.75) is 6.54 Å². The van der Waals surface area contributed by atoms with Crippen LogP contribution in [-0.2, 0) is 6.54 Å². The summed E-state index contributed by atoms with van der Waals surface area (Å²) in [6, 6.07) is 1.58. The molecule has 0 radical (unpaired) electrons. The Labute approximate surface area is 68.4 Å². The minimum Gasteiger partial charge on any atom is -0.333 e. The van der Waals surface area contributed by atoms with Gasteiger partial charge in [0.1, 0.15) is 0 Å². The Kier molecular flexibility index (Phi) is 2.88. The van der Waals surface area contributed by atoms with Crippen LogP contribution in [0.1, 0.15) is 5.56 Å². The van der Waals surface area contributed by atoms with E-state index in [1.807, 2.05) is 22.3 Å². The summed E-state index contributed by atoms with van der Waals surface area (Å²) in [7, 11) is 0. The van der Waals surface area contributed by atoms with E-state index in [-0.39, 0.29) is 6.03 Å². The van der Waals surface area contributed by atoms with Crippen LogP contribution in [0.15, 0.2) is 16.8 Å². The predicted octanol–water partition coefficient (Wildman–Crippen LogP) is 0.421. The molecular formula is C6H9N3OS. The molecule has 11 heavy (non-hydrogen) atoms. The first-order valence-corrected chi connectivity index (χ1v) is 4.02. The molecule has 0 saturated heterocycles. The van der Waals surface area contributed by atoms with Gasteiger partial charge in [-0.05, 0) is 22.4 Å². The third-order valence-electron chi connectivity index (χ3n) is 1.16. The van der Waals surface area contributed by atoms with Crippen molar-refractivity contribution in [1.82, 2.24) is 10.7 Å². The van der Waals surface area contributed by atoms with Gasteiger partial charge in [0, 0.05) is 6.54 Å². The van der Waals surface area contributed by atoms with Crippen LogP contribution in [0.3, 0.4) is 0 Å². The van der Waals surface area contributed by atoms with E-state index in [0.29, 0.717) is 6.54 Å². The van der Waals surface area contributed by atoms with Crippen molar-refractivity contribution in [1.29, 1.82) is 0 Å². The van der Waals surface area contributed by atoms with Crippen molar-refractivity contribution < 1.29 is 4.79 Å². The standard InChI is InChI=1S/C6H9N3OS/c7-9-6(10)8-3-5-1-2-11-4-5/h1-2,4H,3,7H2,(H2,8,9,10). The highest BCUT2D eigenvalue weighted by Crippen LogP contribution is 2.04. The van der Waals surface area contributed by atoms with E-state index >= 15 is 0 Å². The second-order valence-corrected chi connectivity index (χ2v) is 2.74. The average Bonchev–Trinajstić information content (AvgIpc) is 2.52. The number of urea groups is 1. The van der Waals surface area contributed by atoms with Gasteiger partial charge in [-0.2, -0.15) is 11.3 Å². The van der Waals surface area contributed by atoms with Gasteiger partial charge in [-0.15, -0.1) is 0 Å². The van der Waals surface area contributed by atoms with Gasteiger partial charge in [0.25, 0.3) is 0 Å². The zero-order chi connectivity index (χ0) is 8.10. The third-order valence-corrected chi connectivity index (χ3v) is 1.90. The molecule has 1 aromatic rings. The van der Waals surface area contributed by atoms with E-state index in [2.05, 4.69) is 5.32 Å². The molecule has 60 valence electrons. The number of thiophene rings is 1. The molecule has 2 amide bonds. The molecule has 0 fully saturated rings. The molecule has 0 bridgehead atoms. The number of rotatable bonds is 2. The van der Waals surface area contributed by atoms with Crippen molar-refractivity contribution in [2.75, 3.05) is 0 Å². The fourth-order valence-electron chi connectivity index (χ4n) is 0.627. The van der Waals surface area contributed by atoms with E-state index < -0.39 is 0 Å². The van der Waals surface area contributed by atoms with Crippen LogP contribution < -0.4 is 16.6 Å². The second-order valence-electron chi connectivity index (χ2n) is 1.96. The zero-order valence-corrected chi connectivity index (χ0v) is 6.65. The molecular weight excluding hydrogens is 162 g/mol. The molecule has 0 spiro atoms. The Morgan fingerprint density at radius 1 is 1.73 bits per heavy atom. The van der Waals surface area contributed by atoms with Crippen molar-refractivity contribution >= 4 is 17.4 Å². The maximum atomic E-state index is 10.6. The zero-order valence-electron chi connectivity index (χ0n) is 5.83. The summed E-state index contributed by atoms with van der Waals surface area (Å²) in [5.74, 6) is 4.85. The lowest BCUT2D eigenvalue weighted by Gasteiger charge is -2.00. The first kappa shape index (κ1) is 8.03. The normalized spacial score (nSPS) is 9.18. The number of carbonyl (C=O) groups is 1. The third kappa shape index (κ3) is 2.57. The number of hydrazine groups is 1. The molecule has 5 heteroatoms.